The molecule has 0 spiro atoms. The van der Waals surface area contributed by atoms with Gasteiger partial charge >= 0.3 is 5.97 Å². The lowest BCUT2D eigenvalue weighted by molar-refractivity contribution is -0.187. The summed E-state index contributed by atoms with van der Waals surface area (Å²) in [5, 5.41) is 31.0. The fourth-order valence-electron chi connectivity index (χ4n) is 6.10. The van der Waals surface area contributed by atoms with Crippen molar-refractivity contribution in [3.8, 4) is 0 Å². The van der Waals surface area contributed by atoms with Crippen LogP contribution < -0.4 is 0 Å². The molecule has 0 bridgehead atoms. The first-order chi connectivity index (χ1) is 14.9. The summed E-state index contributed by atoms with van der Waals surface area (Å²) in [6, 6.07) is 0. The molecule has 1 aliphatic rings. The number of aliphatic hydroxyl groups is 2. The molecule has 0 saturated carbocycles. The molecular weight excluding hydrogens is 422 g/mol. The minimum Gasteiger partial charge on any atom is -0.459 e. The molecular formula is C26H47NO6. The molecule has 0 aromatic rings. The lowest BCUT2D eigenvalue weighted by Crippen LogP contribution is -2.57. The molecule has 0 unspecified atom stereocenters. The van der Waals surface area contributed by atoms with E-state index in [0.29, 0.717) is 6.42 Å². The van der Waals surface area contributed by atoms with E-state index in [-0.39, 0.29) is 35.2 Å². The molecule has 7 heteroatoms. The van der Waals surface area contributed by atoms with Crippen LogP contribution in [0.25, 0.3) is 0 Å². The van der Waals surface area contributed by atoms with E-state index in [1.807, 2.05) is 20.8 Å². The number of carbonyl (C=O) groups excluding carboxylic acids is 2. The van der Waals surface area contributed by atoms with Crippen molar-refractivity contribution in [1.82, 2.24) is 0 Å². The highest BCUT2D eigenvalue weighted by molar-refractivity contribution is 6.00. The average Bonchev–Trinajstić information content (AvgIpc) is 2.72. The summed E-state index contributed by atoms with van der Waals surface area (Å²) in [5.41, 5.74) is -2.61. The number of hydrogen-bond acceptors (Lipinski definition) is 7. The Morgan fingerprint density at radius 3 is 2.06 bits per heavy atom. The van der Waals surface area contributed by atoms with Crippen molar-refractivity contribution in [3.05, 3.63) is 0 Å². The maximum Gasteiger partial charge on any atom is 0.316 e. The van der Waals surface area contributed by atoms with Gasteiger partial charge in [-0.3, -0.25) is 9.59 Å². The number of ether oxygens (including phenoxy) is 2. The number of cyclic esters (lactones) is 1. The molecule has 1 fully saturated rings. The number of Topliss-reactive ketones (excluding diaryl/α,β-unsaturated/α-hetero) is 1. The zero-order valence-electron chi connectivity index (χ0n) is 22.5. The number of esters is 1. The molecule has 0 aromatic heterocycles. The first-order valence-electron chi connectivity index (χ1n) is 12.1. The van der Waals surface area contributed by atoms with Crippen LogP contribution in [-0.4, -0.2) is 58.2 Å². The Labute approximate surface area is 200 Å². The number of hydrogen-bond donors (Lipinski definition) is 3. The molecule has 0 radical (unpaired) electrons. The predicted molar refractivity (Wildman–Crippen MR) is 129 cm³/mol. The molecule has 1 heterocycles. The Morgan fingerprint density at radius 2 is 1.64 bits per heavy atom. The van der Waals surface area contributed by atoms with E-state index in [1.54, 1.807) is 21.0 Å². The molecule has 9 atom stereocenters. The Hall–Kier alpha value is -1.31. The van der Waals surface area contributed by atoms with Crippen molar-refractivity contribution in [3.63, 3.8) is 0 Å². The van der Waals surface area contributed by atoms with Crippen molar-refractivity contribution in [1.29, 1.82) is 5.41 Å². The van der Waals surface area contributed by atoms with Gasteiger partial charge in [-0.25, -0.2) is 0 Å². The second kappa shape index (κ2) is 10.5. The minimum absolute atomic E-state index is 0.244. The van der Waals surface area contributed by atoms with Crippen LogP contribution >= 0.6 is 0 Å². The lowest BCUT2D eigenvalue weighted by Gasteiger charge is -2.49. The summed E-state index contributed by atoms with van der Waals surface area (Å²) >= 11 is 0. The highest BCUT2D eigenvalue weighted by atomic mass is 16.6. The quantitative estimate of drug-likeness (QED) is 0.415. The van der Waals surface area contributed by atoms with E-state index in [2.05, 4.69) is 20.8 Å². The van der Waals surface area contributed by atoms with Crippen molar-refractivity contribution in [2.45, 2.75) is 105 Å². The van der Waals surface area contributed by atoms with Gasteiger partial charge in [0.05, 0.1) is 11.7 Å². The van der Waals surface area contributed by atoms with Crippen molar-refractivity contribution < 1.29 is 29.3 Å². The number of aliphatic hydroxyl groups excluding tert-OH is 1. The number of rotatable bonds is 2. The standard InChI is InChI=1S/C26H47NO6/c1-12-18-26(10,31)22(29)15(3)19(27)14(2)13-25(9,32-11)21(24(6,7)8)16(4)20(28)17(5)23(30)33-18/h14-18,21-22,27,29,31H,12-13H2,1-11H3/t14-,15+,16+,17-,18-,21+,22-,25-,26-/m1/s1. The fraction of sp³-hybridized carbons (Fsp3) is 0.885. The van der Waals surface area contributed by atoms with Crippen LogP contribution in [0.15, 0.2) is 0 Å². The maximum absolute atomic E-state index is 13.5. The highest BCUT2D eigenvalue weighted by Crippen LogP contribution is 2.46. The molecule has 7 nitrogen and oxygen atoms in total. The lowest BCUT2D eigenvalue weighted by atomic mass is 9.61. The van der Waals surface area contributed by atoms with Crippen LogP contribution in [0, 0.1) is 40.4 Å². The molecule has 0 amide bonds. The van der Waals surface area contributed by atoms with E-state index in [0.717, 1.165) is 0 Å². The van der Waals surface area contributed by atoms with Crippen molar-refractivity contribution >= 4 is 17.5 Å². The van der Waals surface area contributed by atoms with Crippen LogP contribution in [0.3, 0.4) is 0 Å². The van der Waals surface area contributed by atoms with Gasteiger partial charge < -0.3 is 25.1 Å². The third-order valence-electron chi connectivity index (χ3n) is 7.87. The molecule has 33 heavy (non-hydrogen) atoms. The van der Waals surface area contributed by atoms with E-state index < -0.39 is 47.1 Å². The predicted octanol–water partition coefficient (Wildman–Crippen LogP) is 4.02. The van der Waals surface area contributed by atoms with Gasteiger partial charge in [-0.05, 0) is 44.9 Å². The topological polar surface area (TPSA) is 117 Å². The van der Waals surface area contributed by atoms with E-state index in [4.69, 9.17) is 14.9 Å². The average molecular weight is 470 g/mol. The largest absolute Gasteiger partial charge is 0.459 e. The van der Waals surface area contributed by atoms with E-state index >= 15 is 0 Å². The van der Waals surface area contributed by atoms with Gasteiger partial charge in [0, 0.05) is 30.6 Å². The Kier molecular flexibility index (Phi) is 9.48. The zero-order valence-corrected chi connectivity index (χ0v) is 22.5. The maximum atomic E-state index is 13.5. The molecule has 0 aliphatic carbocycles. The van der Waals surface area contributed by atoms with Crippen LogP contribution in [0.4, 0.5) is 0 Å². The first-order valence-corrected chi connectivity index (χ1v) is 12.1. The highest BCUT2D eigenvalue weighted by Gasteiger charge is 2.51. The Morgan fingerprint density at radius 1 is 1.12 bits per heavy atom. The summed E-state index contributed by atoms with van der Waals surface area (Å²) in [7, 11) is 1.61. The SMILES string of the molecule is CC[C@H]1OC(=O)[C@H](C)C(=O)[C@H](C)[C@@H](C(C)(C)C)[C@](C)(OC)C[C@@H](C)C(=N)[C@H](C)[C@@H](O)[C@]1(C)O. The second-order valence-electron chi connectivity index (χ2n) is 11.6. The summed E-state index contributed by atoms with van der Waals surface area (Å²) < 4.78 is 11.6. The van der Waals surface area contributed by atoms with Crippen LogP contribution in [0.1, 0.15) is 82.1 Å². The third-order valence-corrected chi connectivity index (χ3v) is 7.87. The Bertz CT molecular complexity index is 727. The summed E-state index contributed by atoms with van der Waals surface area (Å²) in [6.45, 7) is 18.3. The smallest absolute Gasteiger partial charge is 0.316 e. The van der Waals surface area contributed by atoms with Gasteiger partial charge in [-0.15, -0.1) is 0 Å². The minimum atomic E-state index is -1.78. The number of methoxy groups -OCH3 is 1. The first kappa shape index (κ1) is 29.7. The van der Waals surface area contributed by atoms with Gasteiger partial charge in [0.2, 0.25) is 0 Å². The van der Waals surface area contributed by atoms with Crippen molar-refractivity contribution in [2.75, 3.05) is 7.11 Å². The second-order valence-corrected chi connectivity index (χ2v) is 11.6. The van der Waals surface area contributed by atoms with Gasteiger partial charge in [-0.2, -0.15) is 0 Å². The zero-order chi connectivity index (χ0) is 26.1. The summed E-state index contributed by atoms with van der Waals surface area (Å²) in [4.78, 5) is 26.5. The molecule has 0 aromatic carbocycles. The van der Waals surface area contributed by atoms with Gasteiger partial charge in [0.25, 0.3) is 0 Å². The van der Waals surface area contributed by atoms with Crippen LogP contribution in [-0.2, 0) is 19.1 Å². The van der Waals surface area contributed by atoms with Crippen molar-refractivity contribution in [2.24, 2.45) is 35.0 Å². The molecule has 1 aliphatic heterocycles. The molecule has 3 N–H and O–H groups in total. The third kappa shape index (κ3) is 6.04. The number of nitrogens with one attached hydrogen (secondary N) is 1. The number of carbonyl (C=O) groups is 2. The summed E-state index contributed by atoms with van der Waals surface area (Å²) in [6.07, 6.45) is -1.63. The van der Waals surface area contributed by atoms with Crippen LogP contribution in [0.5, 0.6) is 0 Å². The van der Waals surface area contributed by atoms with Crippen LogP contribution in [0.2, 0.25) is 0 Å². The number of ketones is 1. The van der Waals surface area contributed by atoms with E-state index in [9.17, 15) is 19.8 Å². The Balaban J connectivity index is 3.69. The van der Waals surface area contributed by atoms with Gasteiger partial charge in [-0.1, -0.05) is 48.5 Å². The monoisotopic (exact) mass is 469 g/mol. The molecule has 192 valence electrons. The van der Waals surface area contributed by atoms with Gasteiger partial charge in [0.15, 0.2) is 0 Å². The van der Waals surface area contributed by atoms with Gasteiger partial charge in [0.1, 0.15) is 23.4 Å². The molecule has 1 saturated heterocycles. The summed E-state index contributed by atoms with van der Waals surface area (Å²) in [5.74, 6) is -3.69. The normalized spacial score (nSPS) is 42.6. The molecule has 1 rings (SSSR count). The van der Waals surface area contributed by atoms with E-state index in [1.165, 1.54) is 13.8 Å². The fourth-order valence-corrected chi connectivity index (χ4v) is 6.10.